The summed E-state index contributed by atoms with van der Waals surface area (Å²) in [6, 6.07) is 10.0. The van der Waals surface area contributed by atoms with Gasteiger partial charge < -0.3 is 8.83 Å². The van der Waals surface area contributed by atoms with Crippen LogP contribution in [0.4, 0.5) is 0 Å². The first-order valence-corrected chi connectivity index (χ1v) is 10.6. The number of benzene rings is 1. The molecule has 7 heteroatoms. The standard InChI is InChI=1S/C22H24N4O2S/c1-14(2)11-26-20(19-6-5-9-27-19)24-25-22(26)29-13-17-12-28-21(23-17)18-8-7-15(3)10-16(18)4/h5-10,12,14H,11,13H2,1-4H3. The van der Waals surface area contributed by atoms with Gasteiger partial charge in [0.05, 0.1) is 12.0 Å². The fraction of sp³-hybridized carbons (Fsp3) is 0.318. The molecule has 0 saturated carbocycles. The number of hydrogen-bond acceptors (Lipinski definition) is 6. The molecule has 0 amide bonds. The molecule has 3 aromatic heterocycles. The topological polar surface area (TPSA) is 69.9 Å². The normalized spacial score (nSPS) is 11.5. The van der Waals surface area contributed by atoms with Gasteiger partial charge in [0.15, 0.2) is 16.7 Å². The molecule has 1 aromatic carbocycles. The Kier molecular flexibility index (Phi) is 5.58. The lowest BCUT2D eigenvalue weighted by molar-refractivity contribution is 0.489. The Labute approximate surface area is 174 Å². The number of oxazole rings is 1. The molecule has 0 spiro atoms. The molecule has 29 heavy (non-hydrogen) atoms. The van der Waals surface area contributed by atoms with Crippen molar-refractivity contribution in [2.45, 2.75) is 45.1 Å². The van der Waals surface area contributed by atoms with Crippen LogP contribution < -0.4 is 0 Å². The molecule has 6 nitrogen and oxygen atoms in total. The van der Waals surface area contributed by atoms with Crippen molar-refractivity contribution in [1.29, 1.82) is 0 Å². The zero-order chi connectivity index (χ0) is 20.4. The van der Waals surface area contributed by atoms with Gasteiger partial charge >= 0.3 is 0 Å². The fourth-order valence-corrected chi connectivity index (χ4v) is 4.03. The van der Waals surface area contributed by atoms with Crippen LogP contribution in [0.5, 0.6) is 0 Å². The summed E-state index contributed by atoms with van der Waals surface area (Å²) in [6.07, 6.45) is 3.37. The molecule has 0 aliphatic heterocycles. The molecule has 0 unspecified atom stereocenters. The SMILES string of the molecule is Cc1ccc(-c2nc(CSc3nnc(-c4ccco4)n3CC(C)C)co2)c(C)c1. The average Bonchev–Trinajstić information content (AvgIpc) is 3.40. The summed E-state index contributed by atoms with van der Waals surface area (Å²) in [5, 5.41) is 9.59. The minimum Gasteiger partial charge on any atom is -0.461 e. The highest BCUT2D eigenvalue weighted by atomic mass is 32.2. The minimum atomic E-state index is 0.460. The van der Waals surface area contributed by atoms with Crippen LogP contribution in [-0.2, 0) is 12.3 Å². The summed E-state index contributed by atoms with van der Waals surface area (Å²) < 4.78 is 13.4. The fourth-order valence-electron chi connectivity index (χ4n) is 3.20. The lowest BCUT2D eigenvalue weighted by Gasteiger charge is -2.11. The first-order valence-electron chi connectivity index (χ1n) is 9.63. The molecule has 3 heterocycles. The Balaban J connectivity index is 1.53. The van der Waals surface area contributed by atoms with E-state index in [0.717, 1.165) is 40.1 Å². The molecule has 0 aliphatic carbocycles. The van der Waals surface area contributed by atoms with Crippen LogP contribution >= 0.6 is 11.8 Å². The van der Waals surface area contributed by atoms with E-state index in [4.69, 9.17) is 8.83 Å². The van der Waals surface area contributed by atoms with Gasteiger partial charge in [0.1, 0.15) is 6.26 Å². The molecule has 0 saturated heterocycles. The molecule has 4 rings (SSSR count). The van der Waals surface area contributed by atoms with Gasteiger partial charge in [-0.3, -0.25) is 4.57 Å². The summed E-state index contributed by atoms with van der Waals surface area (Å²) in [5.74, 6) is 3.24. The van der Waals surface area contributed by atoms with Gasteiger partial charge in [-0.2, -0.15) is 0 Å². The Morgan fingerprint density at radius 1 is 1.10 bits per heavy atom. The Bertz CT molecular complexity index is 1100. The Hall–Kier alpha value is -2.80. The highest BCUT2D eigenvalue weighted by molar-refractivity contribution is 7.98. The van der Waals surface area contributed by atoms with Crippen LogP contribution in [0.2, 0.25) is 0 Å². The van der Waals surface area contributed by atoms with Crippen LogP contribution in [0.15, 0.2) is 56.8 Å². The number of thioether (sulfide) groups is 1. The van der Waals surface area contributed by atoms with Crippen molar-refractivity contribution in [2.75, 3.05) is 0 Å². The Morgan fingerprint density at radius 3 is 2.69 bits per heavy atom. The lowest BCUT2D eigenvalue weighted by Crippen LogP contribution is -2.07. The van der Waals surface area contributed by atoms with Crippen molar-refractivity contribution in [3.8, 4) is 23.0 Å². The summed E-state index contributed by atoms with van der Waals surface area (Å²) in [5.41, 5.74) is 4.29. The molecule has 0 N–H and O–H groups in total. The van der Waals surface area contributed by atoms with Crippen molar-refractivity contribution < 1.29 is 8.83 Å². The number of aromatic nitrogens is 4. The van der Waals surface area contributed by atoms with Gasteiger partial charge in [-0.05, 0) is 43.5 Å². The third kappa shape index (κ3) is 4.29. The van der Waals surface area contributed by atoms with Crippen molar-refractivity contribution in [3.05, 3.63) is 59.7 Å². The van der Waals surface area contributed by atoms with E-state index >= 15 is 0 Å². The summed E-state index contributed by atoms with van der Waals surface area (Å²) in [4.78, 5) is 4.67. The van der Waals surface area contributed by atoms with E-state index in [2.05, 4.69) is 65.6 Å². The third-order valence-electron chi connectivity index (χ3n) is 4.52. The quantitative estimate of drug-likeness (QED) is 0.362. The average molecular weight is 409 g/mol. The van der Waals surface area contributed by atoms with Crippen LogP contribution in [0.1, 0.15) is 30.7 Å². The molecule has 0 radical (unpaired) electrons. The second-order valence-corrected chi connectivity index (χ2v) is 8.48. The zero-order valence-corrected chi connectivity index (χ0v) is 17.9. The maximum atomic E-state index is 5.74. The van der Waals surface area contributed by atoms with E-state index in [0.29, 0.717) is 17.6 Å². The van der Waals surface area contributed by atoms with E-state index in [1.165, 1.54) is 5.56 Å². The number of hydrogen-bond donors (Lipinski definition) is 0. The maximum Gasteiger partial charge on any atom is 0.226 e. The van der Waals surface area contributed by atoms with Crippen molar-refractivity contribution in [1.82, 2.24) is 19.7 Å². The van der Waals surface area contributed by atoms with E-state index in [9.17, 15) is 0 Å². The van der Waals surface area contributed by atoms with E-state index in [1.807, 2.05) is 12.1 Å². The zero-order valence-electron chi connectivity index (χ0n) is 17.0. The highest BCUT2D eigenvalue weighted by Gasteiger charge is 2.18. The molecule has 0 bridgehead atoms. The first kappa shape index (κ1) is 19.5. The lowest BCUT2D eigenvalue weighted by atomic mass is 10.1. The van der Waals surface area contributed by atoms with E-state index in [1.54, 1.807) is 24.3 Å². The molecular weight excluding hydrogens is 384 g/mol. The molecule has 0 fully saturated rings. The second-order valence-electron chi connectivity index (χ2n) is 7.54. The maximum absolute atomic E-state index is 5.74. The van der Waals surface area contributed by atoms with E-state index in [-0.39, 0.29) is 0 Å². The van der Waals surface area contributed by atoms with E-state index < -0.39 is 0 Å². The van der Waals surface area contributed by atoms with Crippen LogP contribution in [-0.4, -0.2) is 19.7 Å². The van der Waals surface area contributed by atoms with Gasteiger partial charge in [0, 0.05) is 17.9 Å². The van der Waals surface area contributed by atoms with Gasteiger partial charge in [0.25, 0.3) is 0 Å². The molecular formula is C22H24N4O2S. The van der Waals surface area contributed by atoms with Gasteiger partial charge in [-0.1, -0.05) is 43.3 Å². The summed E-state index contributed by atoms with van der Waals surface area (Å²) in [6.45, 7) is 9.32. The monoisotopic (exact) mass is 408 g/mol. The van der Waals surface area contributed by atoms with Gasteiger partial charge in [-0.15, -0.1) is 10.2 Å². The second kappa shape index (κ2) is 8.29. The predicted molar refractivity (Wildman–Crippen MR) is 114 cm³/mol. The molecule has 0 aliphatic rings. The largest absolute Gasteiger partial charge is 0.461 e. The number of furan rings is 1. The van der Waals surface area contributed by atoms with Crippen LogP contribution in [0.25, 0.3) is 23.0 Å². The van der Waals surface area contributed by atoms with Crippen molar-refractivity contribution >= 4 is 11.8 Å². The number of rotatable bonds is 7. The smallest absolute Gasteiger partial charge is 0.226 e. The molecule has 150 valence electrons. The van der Waals surface area contributed by atoms with Crippen molar-refractivity contribution in [2.24, 2.45) is 5.92 Å². The summed E-state index contributed by atoms with van der Waals surface area (Å²) >= 11 is 1.60. The van der Waals surface area contributed by atoms with Gasteiger partial charge in [-0.25, -0.2) is 4.98 Å². The van der Waals surface area contributed by atoms with Crippen LogP contribution in [0, 0.1) is 19.8 Å². The number of aryl methyl sites for hydroxylation is 2. The number of nitrogens with zero attached hydrogens (tertiary/aromatic N) is 4. The highest BCUT2D eigenvalue weighted by Crippen LogP contribution is 2.29. The van der Waals surface area contributed by atoms with Gasteiger partial charge in [0.2, 0.25) is 5.89 Å². The summed E-state index contributed by atoms with van der Waals surface area (Å²) in [7, 11) is 0. The minimum absolute atomic E-state index is 0.460. The van der Waals surface area contributed by atoms with Crippen LogP contribution in [0.3, 0.4) is 0 Å². The first-order chi connectivity index (χ1) is 14.0. The molecule has 4 aromatic rings. The molecule has 0 atom stereocenters. The Morgan fingerprint density at radius 2 is 1.97 bits per heavy atom. The van der Waals surface area contributed by atoms with Crippen molar-refractivity contribution in [3.63, 3.8) is 0 Å². The third-order valence-corrected chi connectivity index (χ3v) is 5.52. The predicted octanol–water partition coefficient (Wildman–Crippen LogP) is 5.76.